The van der Waals surface area contributed by atoms with Gasteiger partial charge in [-0.1, -0.05) is 32.1 Å². The van der Waals surface area contributed by atoms with Crippen molar-refractivity contribution >= 4 is 11.8 Å². The highest BCUT2D eigenvalue weighted by Gasteiger charge is 2.73. The Bertz CT molecular complexity index is 599. The van der Waals surface area contributed by atoms with Crippen LogP contribution in [0, 0.1) is 22.2 Å². The average Bonchev–Trinajstić information content (AvgIpc) is 3.03. The van der Waals surface area contributed by atoms with Crippen LogP contribution in [-0.4, -0.2) is 35.3 Å². The second-order valence-corrected chi connectivity index (χ2v) is 8.67. The Hall–Kier alpha value is -1.57. The van der Waals surface area contributed by atoms with Gasteiger partial charge in [-0.15, -0.1) is 0 Å². The van der Waals surface area contributed by atoms with Crippen LogP contribution in [0.2, 0.25) is 0 Å². The molecule has 4 rings (SSSR count). The highest BCUT2D eigenvalue weighted by molar-refractivity contribution is 5.94. The van der Waals surface area contributed by atoms with Gasteiger partial charge in [-0.2, -0.15) is 5.26 Å². The molecule has 3 aliphatic carbocycles. The van der Waals surface area contributed by atoms with Gasteiger partial charge in [0.25, 0.3) is 0 Å². The summed E-state index contributed by atoms with van der Waals surface area (Å²) in [6, 6.07) is 2.26. The molecule has 2 atom stereocenters. The van der Waals surface area contributed by atoms with Gasteiger partial charge in [-0.3, -0.25) is 9.59 Å². The van der Waals surface area contributed by atoms with Gasteiger partial charge >= 0.3 is 0 Å². The normalized spacial score (nSPS) is 34.8. The third kappa shape index (κ3) is 2.65. The lowest BCUT2D eigenvalue weighted by Gasteiger charge is -2.40. The fourth-order valence-electron chi connectivity index (χ4n) is 5.72. The molecular weight excluding hydrogens is 314 g/mol. The van der Waals surface area contributed by atoms with Crippen LogP contribution in [0.1, 0.15) is 77.0 Å². The largest absolute Gasteiger partial charge is 0.343 e. The molecule has 0 aromatic carbocycles. The Labute approximate surface area is 150 Å². The minimum absolute atomic E-state index is 0.0840. The molecule has 3 saturated carbocycles. The number of nitriles is 1. The van der Waals surface area contributed by atoms with Gasteiger partial charge in [0, 0.05) is 18.0 Å². The molecule has 5 heteroatoms. The van der Waals surface area contributed by atoms with Crippen LogP contribution in [0.15, 0.2) is 0 Å². The Kier molecular flexibility index (Phi) is 4.25. The highest BCUT2D eigenvalue weighted by Crippen LogP contribution is 2.71. The molecule has 136 valence electrons. The van der Waals surface area contributed by atoms with Gasteiger partial charge in [0.05, 0.1) is 6.07 Å². The summed E-state index contributed by atoms with van der Waals surface area (Å²) in [5, 5.41) is 12.7. The van der Waals surface area contributed by atoms with E-state index in [2.05, 4.69) is 11.4 Å². The maximum Gasteiger partial charge on any atom is 0.245 e. The molecule has 1 saturated heterocycles. The summed E-state index contributed by atoms with van der Waals surface area (Å²) in [6.45, 7) is 0.823. The molecule has 0 aromatic heterocycles. The van der Waals surface area contributed by atoms with E-state index in [-0.39, 0.29) is 17.2 Å². The first kappa shape index (κ1) is 16.9. The number of nitrogens with one attached hydrogen (secondary N) is 1. The first-order valence-corrected chi connectivity index (χ1v) is 10.1. The fraction of sp³-hybridized carbons (Fsp3) is 0.850. The summed E-state index contributed by atoms with van der Waals surface area (Å²) in [5.74, 6) is -0.0959. The van der Waals surface area contributed by atoms with E-state index in [0.29, 0.717) is 18.9 Å². The molecule has 1 N–H and O–H groups in total. The van der Waals surface area contributed by atoms with Crippen molar-refractivity contribution in [3.05, 3.63) is 0 Å². The Balaban J connectivity index is 1.42. The first-order chi connectivity index (χ1) is 12.1. The van der Waals surface area contributed by atoms with Crippen LogP contribution < -0.4 is 5.32 Å². The SMILES string of the molecule is N#C[C@@]1(C(=O)N[C@H]2CCCN(C3CCCCC3)C2=O)CC12CCCC2. The molecule has 0 aromatic rings. The standard InChI is InChI=1S/C20H29N3O2/c21-14-20(13-19(20)10-4-5-11-19)18(25)22-16-9-6-12-23(17(16)24)15-7-2-1-3-8-15/h15-16H,1-13H2,(H,22,25)/t16-,20+/m0/s1. The zero-order chi connectivity index (χ0) is 17.5. The molecule has 1 heterocycles. The smallest absolute Gasteiger partial charge is 0.245 e. The number of likely N-dealkylation sites (tertiary alicyclic amines) is 1. The van der Waals surface area contributed by atoms with Crippen molar-refractivity contribution in [2.75, 3.05) is 6.54 Å². The Morgan fingerprint density at radius 1 is 1.08 bits per heavy atom. The van der Waals surface area contributed by atoms with Crippen molar-refractivity contribution in [1.82, 2.24) is 10.2 Å². The van der Waals surface area contributed by atoms with E-state index in [4.69, 9.17) is 0 Å². The van der Waals surface area contributed by atoms with Crippen LogP contribution in [0.25, 0.3) is 0 Å². The molecule has 0 bridgehead atoms. The summed E-state index contributed by atoms with van der Waals surface area (Å²) < 4.78 is 0. The highest BCUT2D eigenvalue weighted by atomic mass is 16.2. The number of nitrogens with zero attached hydrogens (tertiary/aromatic N) is 2. The van der Waals surface area contributed by atoms with E-state index >= 15 is 0 Å². The van der Waals surface area contributed by atoms with E-state index in [1.54, 1.807) is 0 Å². The molecular formula is C20H29N3O2. The third-order valence-corrected chi connectivity index (χ3v) is 7.32. The second-order valence-electron chi connectivity index (χ2n) is 8.67. The maximum atomic E-state index is 12.9. The van der Waals surface area contributed by atoms with Crippen molar-refractivity contribution < 1.29 is 9.59 Å². The summed E-state index contributed by atoms with van der Waals surface area (Å²) in [6.07, 6.45) is 12.4. The van der Waals surface area contributed by atoms with Gasteiger partial charge in [-0.25, -0.2) is 0 Å². The van der Waals surface area contributed by atoms with Crippen LogP contribution in [0.5, 0.6) is 0 Å². The average molecular weight is 343 g/mol. The lowest BCUT2D eigenvalue weighted by atomic mass is 9.90. The van der Waals surface area contributed by atoms with Crippen molar-refractivity contribution in [1.29, 1.82) is 5.26 Å². The second kappa shape index (κ2) is 6.30. The molecule has 1 aliphatic heterocycles. The van der Waals surface area contributed by atoms with Crippen molar-refractivity contribution in [3.8, 4) is 6.07 Å². The molecule has 0 radical (unpaired) electrons. The number of rotatable bonds is 3. The summed E-state index contributed by atoms with van der Waals surface area (Å²) in [5.41, 5.74) is -0.955. The third-order valence-electron chi connectivity index (χ3n) is 7.32. The maximum absolute atomic E-state index is 12.9. The summed E-state index contributed by atoms with van der Waals surface area (Å²) >= 11 is 0. The summed E-state index contributed by atoms with van der Waals surface area (Å²) in [7, 11) is 0. The summed E-state index contributed by atoms with van der Waals surface area (Å²) in [4.78, 5) is 27.9. The number of hydrogen-bond acceptors (Lipinski definition) is 3. The first-order valence-electron chi connectivity index (χ1n) is 10.1. The molecule has 4 aliphatic rings. The van der Waals surface area contributed by atoms with E-state index in [1.807, 2.05) is 4.90 Å². The van der Waals surface area contributed by atoms with Crippen LogP contribution >= 0.6 is 0 Å². The molecule has 4 fully saturated rings. The minimum Gasteiger partial charge on any atom is -0.343 e. The molecule has 1 spiro atoms. The molecule has 2 amide bonds. The van der Waals surface area contributed by atoms with Gasteiger partial charge in [0.2, 0.25) is 11.8 Å². The minimum atomic E-state index is -0.864. The quantitative estimate of drug-likeness (QED) is 0.856. The van der Waals surface area contributed by atoms with E-state index in [9.17, 15) is 14.9 Å². The van der Waals surface area contributed by atoms with Crippen LogP contribution in [0.3, 0.4) is 0 Å². The van der Waals surface area contributed by atoms with Crippen molar-refractivity contribution in [2.45, 2.75) is 89.1 Å². The van der Waals surface area contributed by atoms with E-state index in [0.717, 1.165) is 51.5 Å². The van der Waals surface area contributed by atoms with Gasteiger partial charge in [-0.05, 0) is 44.9 Å². The van der Waals surface area contributed by atoms with Gasteiger partial charge in [0.15, 0.2) is 0 Å². The van der Waals surface area contributed by atoms with E-state index in [1.165, 1.54) is 19.3 Å². The monoisotopic (exact) mass is 343 g/mol. The number of hydrogen-bond donors (Lipinski definition) is 1. The van der Waals surface area contributed by atoms with Crippen molar-refractivity contribution in [3.63, 3.8) is 0 Å². The van der Waals surface area contributed by atoms with Crippen LogP contribution in [0.4, 0.5) is 0 Å². The predicted octanol–water partition coefficient (Wildman–Crippen LogP) is 2.90. The molecule has 25 heavy (non-hydrogen) atoms. The zero-order valence-corrected chi connectivity index (χ0v) is 15.1. The number of carbonyl (C=O) groups excluding carboxylic acids is 2. The fourth-order valence-corrected chi connectivity index (χ4v) is 5.72. The zero-order valence-electron chi connectivity index (χ0n) is 15.1. The van der Waals surface area contributed by atoms with Crippen LogP contribution in [-0.2, 0) is 9.59 Å². The number of carbonyl (C=O) groups is 2. The lowest BCUT2D eigenvalue weighted by molar-refractivity contribution is -0.142. The molecule has 5 nitrogen and oxygen atoms in total. The van der Waals surface area contributed by atoms with Crippen molar-refractivity contribution in [2.24, 2.45) is 10.8 Å². The van der Waals surface area contributed by atoms with E-state index < -0.39 is 11.5 Å². The Morgan fingerprint density at radius 3 is 2.48 bits per heavy atom. The topological polar surface area (TPSA) is 73.2 Å². The molecule has 0 unspecified atom stereocenters. The number of amides is 2. The Morgan fingerprint density at radius 2 is 1.80 bits per heavy atom. The number of piperidine rings is 1. The van der Waals surface area contributed by atoms with Gasteiger partial charge < -0.3 is 10.2 Å². The lowest BCUT2D eigenvalue weighted by Crippen LogP contribution is -2.56. The van der Waals surface area contributed by atoms with Gasteiger partial charge in [0.1, 0.15) is 11.5 Å². The predicted molar refractivity (Wildman–Crippen MR) is 93.3 cm³/mol.